The van der Waals surface area contributed by atoms with Crippen LogP contribution in [0.15, 0.2) is 59.9 Å². The molecule has 0 radical (unpaired) electrons. The van der Waals surface area contributed by atoms with Crippen LogP contribution in [0.2, 0.25) is 0 Å². The lowest BCUT2D eigenvalue weighted by Gasteiger charge is -2.12. The van der Waals surface area contributed by atoms with E-state index in [9.17, 15) is 8.78 Å². The summed E-state index contributed by atoms with van der Waals surface area (Å²) < 4.78 is 45.4. The lowest BCUT2D eigenvalue weighted by atomic mass is 10.0. The Morgan fingerprint density at radius 1 is 0.964 bits per heavy atom. The quantitative estimate of drug-likeness (QED) is 0.480. The third-order valence-corrected chi connectivity index (χ3v) is 4.72. The number of fused-ring (bicyclic) bond motifs is 1. The zero-order valence-corrected chi connectivity index (χ0v) is 15.0. The number of nitrogens with one attached hydrogen (secondary N) is 1. The van der Waals surface area contributed by atoms with E-state index in [1.807, 2.05) is 0 Å². The van der Waals surface area contributed by atoms with Gasteiger partial charge >= 0.3 is 0 Å². The van der Waals surface area contributed by atoms with Crippen molar-refractivity contribution < 1.29 is 13.2 Å². The molecule has 28 heavy (non-hydrogen) atoms. The number of nitrogen functional groups attached to an aromatic ring is 1. The maximum Gasteiger partial charge on any atom is 0.220 e. The maximum atomic E-state index is 15.0. The van der Waals surface area contributed by atoms with Gasteiger partial charge in [0, 0.05) is 22.7 Å². The van der Waals surface area contributed by atoms with E-state index >= 15 is 4.39 Å². The average molecular weight is 399 g/mol. The van der Waals surface area contributed by atoms with Gasteiger partial charge in [0.1, 0.15) is 11.6 Å². The van der Waals surface area contributed by atoms with Crippen LogP contribution in [-0.4, -0.2) is 15.0 Å². The first-order valence-electron chi connectivity index (χ1n) is 8.05. The molecule has 0 bridgehead atoms. The van der Waals surface area contributed by atoms with Crippen molar-refractivity contribution in [3.63, 3.8) is 0 Å². The van der Waals surface area contributed by atoms with Crippen LogP contribution < -0.4 is 10.5 Å². The van der Waals surface area contributed by atoms with Gasteiger partial charge in [-0.15, -0.1) is 0 Å². The van der Waals surface area contributed by atoms with Gasteiger partial charge in [-0.3, -0.25) is 4.98 Å². The van der Waals surface area contributed by atoms with E-state index in [0.717, 1.165) is 24.2 Å². The summed E-state index contributed by atoms with van der Waals surface area (Å²) in [5.41, 5.74) is 6.31. The van der Waals surface area contributed by atoms with Crippen molar-refractivity contribution in [1.29, 1.82) is 0 Å². The normalized spacial score (nSPS) is 11.0. The van der Waals surface area contributed by atoms with Gasteiger partial charge in [-0.25, -0.2) is 23.1 Å². The van der Waals surface area contributed by atoms with Crippen LogP contribution in [0.4, 0.5) is 24.8 Å². The molecule has 2 aromatic heterocycles. The molecule has 0 aliphatic carbocycles. The van der Waals surface area contributed by atoms with Gasteiger partial charge in [0.25, 0.3) is 0 Å². The number of aromatic nitrogens is 3. The standard InChI is InChI=1S/C19H12F3N5S/c20-12-6-13(9-24-8-12)28-27-16-4-2-14(21)17(18(16)22)10-1-3-15-11(5-10)7-25-19(23)26-15/h1-9,27H,(H2,23,25,26). The first-order chi connectivity index (χ1) is 13.5. The van der Waals surface area contributed by atoms with Gasteiger partial charge in [0.2, 0.25) is 5.95 Å². The minimum Gasteiger partial charge on any atom is -0.368 e. The van der Waals surface area contributed by atoms with E-state index < -0.39 is 17.5 Å². The molecule has 4 aromatic rings. The van der Waals surface area contributed by atoms with Crippen LogP contribution in [0.25, 0.3) is 22.0 Å². The van der Waals surface area contributed by atoms with E-state index in [1.165, 1.54) is 24.5 Å². The number of hydrogen-bond acceptors (Lipinski definition) is 6. The molecule has 4 rings (SSSR count). The number of anilines is 2. The summed E-state index contributed by atoms with van der Waals surface area (Å²) in [5, 5.41) is 0.601. The summed E-state index contributed by atoms with van der Waals surface area (Å²) in [6.45, 7) is 0. The lowest BCUT2D eigenvalue weighted by Crippen LogP contribution is -1.98. The summed E-state index contributed by atoms with van der Waals surface area (Å²) in [6, 6.07) is 8.46. The zero-order valence-electron chi connectivity index (χ0n) is 14.2. The molecule has 0 aliphatic rings. The molecule has 9 heteroatoms. The third-order valence-electron chi connectivity index (χ3n) is 3.94. The maximum absolute atomic E-state index is 15.0. The van der Waals surface area contributed by atoms with Gasteiger partial charge in [0.15, 0.2) is 5.82 Å². The number of hydrogen-bond donors (Lipinski definition) is 2. The molecule has 0 saturated carbocycles. The Labute approximate surface area is 162 Å². The summed E-state index contributed by atoms with van der Waals surface area (Å²) >= 11 is 0.967. The van der Waals surface area contributed by atoms with Crippen LogP contribution in [0.3, 0.4) is 0 Å². The second-order valence-corrected chi connectivity index (χ2v) is 6.71. The molecule has 0 unspecified atom stereocenters. The van der Waals surface area contributed by atoms with Crippen molar-refractivity contribution in [2.75, 3.05) is 10.5 Å². The van der Waals surface area contributed by atoms with Crippen LogP contribution in [0, 0.1) is 17.5 Å². The van der Waals surface area contributed by atoms with Gasteiger partial charge in [-0.2, -0.15) is 0 Å². The SMILES string of the molecule is Nc1ncc2cc(-c3c(F)ccc(NSc4cncc(F)c4)c3F)ccc2n1. The first-order valence-corrected chi connectivity index (χ1v) is 8.87. The Kier molecular flexibility index (Phi) is 4.74. The molecule has 0 saturated heterocycles. The van der Waals surface area contributed by atoms with E-state index in [2.05, 4.69) is 19.7 Å². The highest BCUT2D eigenvalue weighted by Crippen LogP contribution is 2.34. The van der Waals surface area contributed by atoms with Crippen molar-refractivity contribution >= 4 is 34.5 Å². The number of nitrogens with two attached hydrogens (primary N) is 1. The minimum atomic E-state index is -0.771. The van der Waals surface area contributed by atoms with Crippen molar-refractivity contribution in [2.45, 2.75) is 4.90 Å². The predicted octanol–water partition coefficient (Wildman–Crippen LogP) is 4.81. The van der Waals surface area contributed by atoms with Gasteiger partial charge < -0.3 is 10.5 Å². The van der Waals surface area contributed by atoms with Gasteiger partial charge in [0.05, 0.1) is 23.0 Å². The molecule has 0 atom stereocenters. The number of benzene rings is 2. The van der Waals surface area contributed by atoms with Gasteiger partial charge in [-0.1, -0.05) is 6.07 Å². The van der Waals surface area contributed by atoms with Crippen molar-refractivity contribution in [1.82, 2.24) is 15.0 Å². The Morgan fingerprint density at radius 3 is 2.64 bits per heavy atom. The lowest BCUT2D eigenvalue weighted by molar-refractivity contribution is 0.592. The van der Waals surface area contributed by atoms with E-state index in [1.54, 1.807) is 18.2 Å². The molecular weight excluding hydrogens is 387 g/mol. The van der Waals surface area contributed by atoms with Gasteiger partial charge in [-0.05, 0) is 47.8 Å². The Balaban J connectivity index is 1.69. The second-order valence-electron chi connectivity index (χ2n) is 5.83. The largest absolute Gasteiger partial charge is 0.368 e. The second kappa shape index (κ2) is 7.35. The monoisotopic (exact) mass is 399 g/mol. The minimum absolute atomic E-state index is 0.0549. The Hall–Kier alpha value is -3.33. The fourth-order valence-electron chi connectivity index (χ4n) is 2.66. The molecule has 140 valence electrons. The van der Waals surface area contributed by atoms with Crippen LogP contribution in [-0.2, 0) is 0 Å². The molecular formula is C19H12F3N5S. The number of halogens is 3. The van der Waals surface area contributed by atoms with Crippen LogP contribution in [0.1, 0.15) is 0 Å². The van der Waals surface area contributed by atoms with E-state index in [-0.39, 0.29) is 17.2 Å². The molecule has 0 fully saturated rings. The average Bonchev–Trinajstić information content (AvgIpc) is 2.67. The Morgan fingerprint density at radius 2 is 1.82 bits per heavy atom. The zero-order chi connectivity index (χ0) is 19.7. The number of pyridine rings is 1. The van der Waals surface area contributed by atoms with Crippen molar-refractivity contribution in [3.8, 4) is 11.1 Å². The predicted molar refractivity (Wildman–Crippen MR) is 103 cm³/mol. The summed E-state index contributed by atoms with van der Waals surface area (Å²) in [7, 11) is 0. The molecule has 0 amide bonds. The highest BCUT2D eigenvalue weighted by molar-refractivity contribution is 8.00. The van der Waals surface area contributed by atoms with Crippen LogP contribution in [0.5, 0.6) is 0 Å². The van der Waals surface area contributed by atoms with Crippen molar-refractivity contribution in [2.24, 2.45) is 0 Å². The molecule has 3 N–H and O–H groups in total. The topological polar surface area (TPSA) is 76.7 Å². The summed E-state index contributed by atoms with van der Waals surface area (Å²) in [4.78, 5) is 12.1. The fourth-order valence-corrected chi connectivity index (χ4v) is 3.33. The van der Waals surface area contributed by atoms with E-state index in [0.29, 0.717) is 21.4 Å². The molecule has 5 nitrogen and oxygen atoms in total. The Bertz CT molecular complexity index is 1190. The van der Waals surface area contributed by atoms with Crippen molar-refractivity contribution in [3.05, 3.63) is 72.4 Å². The highest BCUT2D eigenvalue weighted by Gasteiger charge is 2.16. The molecule has 2 heterocycles. The number of rotatable bonds is 4. The first kappa shape index (κ1) is 18.1. The van der Waals surface area contributed by atoms with Crippen LogP contribution >= 0.6 is 11.9 Å². The number of nitrogens with zero attached hydrogens (tertiary/aromatic N) is 3. The highest BCUT2D eigenvalue weighted by atomic mass is 32.2. The molecule has 0 aliphatic heterocycles. The summed E-state index contributed by atoms with van der Waals surface area (Å²) in [5.74, 6) is -1.87. The smallest absolute Gasteiger partial charge is 0.220 e. The fraction of sp³-hybridized carbons (Fsp3) is 0. The molecule has 2 aromatic carbocycles. The van der Waals surface area contributed by atoms with E-state index in [4.69, 9.17) is 5.73 Å². The third kappa shape index (κ3) is 3.56. The summed E-state index contributed by atoms with van der Waals surface area (Å²) in [6.07, 6.45) is 3.99. The molecule has 0 spiro atoms.